The zero-order valence-electron chi connectivity index (χ0n) is 64.1. The van der Waals surface area contributed by atoms with Crippen LogP contribution in [-0.2, 0) is 38.2 Å². The van der Waals surface area contributed by atoms with Crippen LogP contribution >= 0.6 is 27.5 Å². The van der Waals surface area contributed by atoms with E-state index < -0.39 is 16.2 Å². The highest BCUT2D eigenvalue weighted by molar-refractivity contribution is 9.09. The Labute approximate surface area is 660 Å². The van der Waals surface area contributed by atoms with Gasteiger partial charge in [0.15, 0.2) is 0 Å². The molecule has 7 fully saturated rings. The predicted molar refractivity (Wildman–Crippen MR) is 436 cm³/mol. The van der Waals surface area contributed by atoms with E-state index in [1.54, 1.807) is 0 Å². The number of aliphatic hydroxyl groups is 3. The summed E-state index contributed by atoms with van der Waals surface area (Å²) in [6.07, 6.45) is 110. The number of esters is 3. The third-order valence-corrected chi connectivity index (χ3v) is 27.3. The molecule has 0 unspecified atom stereocenters. The second-order valence-electron chi connectivity index (χ2n) is 35.1. The molecule has 0 radical (unpaired) electrons. The lowest BCUT2D eigenvalue weighted by atomic mass is 9.49. The van der Waals surface area contributed by atoms with E-state index in [0.717, 1.165) is 134 Å². The first-order valence-electron chi connectivity index (χ1n) is 40.0. The van der Waals surface area contributed by atoms with Crippen molar-refractivity contribution >= 4 is 57.3 Å². The number of allylic oxidation sites excluding steroid dienone is 40. The Balaban J connectivity index is 0.000000120. The smallest absolute Gasteiger partial charge is 0.311 e. The minimum atomic E-state index is -0.513. The number of nitrogens with one attached hydrogen (secondary N) is 2. The molecule has 0 aromatic rings. The van der Waals surface area contributed by atoms with Gasteiger partial charge in [0, 0.05) is 97.3 Å². The van der Waals surface area contributed by atoms with Gasteiger partial charge in [-0.05, 0) is 154 Å². The molecular formula is C94H114BrClN2O11. The molecular weight excluding hydrogens is 1450 g/mol. The van der Waals surface area contributed by atoms with Gasteiger partial charge in [0.05, 0.1) is 48.4 Å². The monoisotopic (exact) mass is 1560 g/mol. The molecule has 0 atom stereocenters. The lowest BCUT2D eigenvalue weighted by Crippen LogP contribution is -2.55. The third-order valence-electron chi connectivity index (χ3n) is 26.7. The van der Waals surface area contributed by atoms with E-state index >= 15 is 0 Å². The topological polar surface area (TPSA) is 198 Å². The number of carbonyl (C=O) groups is 5. The Kier molecular flexibility index (Phi) is 23.3. The second-order valence-corrected chi connectivity index (χ2v) is 36.3. The molecule has 13 nitrogen and oxygen atoms in total. The zero-order valence-corrected chi connectivity index (χ0v) is 66.5. The van der Waals surface area contributed by atoms with Crippen LogP contribution in [0.4, 0.5) is 0 Å². The van der Waals surface area contributed by atoms with E-state index in [1.807, 2.05) is 0 Å². The highest BCUT2D eigenvalue weighted by atomic mass is 79.9. The molecule has 17 aliphatic carbocycles. The minimum Gasteiger partial charge on any atom is -0.469 e. The summed E-state index contributed by atoms with van der Waals surface area (Å²) in [5.41, 5.74) is -2.27. The van der Waals surface area contributed by atoms with Crippen LogP contribution in [-0.4, -0.2) is 109 Å². The van der Waals surface area contributed by atoms with Crippen LogP contribution in [0.1, 0.15) is 154 Å². The van der Waals surface area contributed by atoms with Crippen molar-refractivity contribution in [2.24, 2.45) is 81.2 Å². The molecule has 7 saturated carbocycles. The number of alkyl halides is 2. The summed E-state index contributed by atoms with van der Waals surface area (Å²) >= 11 is 9.43. The molecule has 0 saturated heterocycles. The van der Waals surface area contributed by atoms with E-state index in [4.69, 9.17) is 25.8 Å². The maximum atomic E-state index is 12.7. The quantitative estimate of drug-likeness (QED) is 0.0402. The molecule has 0 heterocycles. The van der Waals surface area contributed by atoms with Gasteiger partial charge in [0.25, 0.3) is 0 Å². The second kappa shape index (κ2) is 31.8. The summed E-state index contributed by atoms with van der Waals surface area (Å²) in [4.78, 5) is 61.4. The van der Waals surface area contributed by atoms with Gasteiger partial charge in [0.2, 0.25) is 11.8 Å². The highest BCUT2D eigenvalue weighted by Crippen LogP contribution is 2.66. The number of ether oxygens (including phenoxy) is 3. The van der Waals surface area contributed by atoms with Crippen molar-refractivity contribution in [2.45, 2.75) is 166 Å². The van der Waals surface area contributed by atoms with Gasteiger partial charge in [-0.2, -0.15) is 0 Å². The molecule has 17 aliphatic rings. The van der Waals surface area contributed by atoms with Gasteiger partial charge in [-0.25, -0.2) is 0 Å². The van der Waals surface area contributed by atoms with Crippen molar-refractivity contribution in [3.8, 4) is 0 Å². The average Bonchev–Trinajstić information content (AvgIpc) is 1.42. The molecule has 15 heteroatoms. The van der Waals surface area contributed by atoms with Gasteiger partial charge in [-0.15, -0.1) is 11.6 Å². The largest absolute Gasteiger partial charge is 0.469 e. The molecule has 5 N–H and O–H groups in total. The van der Waals surface area contributed by atoms with Gasteiger partial charge < -0.3 is 40.2 Å². The van der Waals surface area contributed by atoms with Crippen LogP contribution in [0, 0.1) is 81.2 Å². The zero-order chi connectivity index (χ0) is 76.9. The Morgan fingerprint density at radius 3 is 0.716 bits per heavy atom. The summed E-state index contributed by atoms with van der Waals surface area (Å²) in [6.45, 7) is 0.124. The van der Waals surface area contributed by atoms with Crippen LogP contribution < -0.4 is 10.6 Å². The Morgan fingerprint density at radius 1 is 0.321 bits per heavy atom. The number of amides is 2. The molecule has 0 aliphatic heterocycles. The molecule has 17 rings (SSSR count). The first kappa shape index (κ1) is 79.9. The molecule has 109 heavy (non-hydrogen) atoms. The number of halogens is 2. The summed E-state index contributed by atoms with van der Waals surface area (Å²) in [5.74, 6) is 0.425. The van der Waals surface area contributed by atoms with Crippen LogP contribution in [0.2, 0.25) is 0 Å². The lowest BCUT2D eigenvalue weighted by molar-refractivity contribution is -0.166. The normalized spacial score (nSPS) is 29.5. The van der Waals surface area contributed by atoms with Crippen molar-refractivity contribution in [1.82, 2.24) is 10.6 Å². The summed E-state index contributed by atoms with van der Waals surface area (Å²) in [6, 6.07) is 0.831. The highest BCUT2D eigenvalue weighted by Gasteiger charge is 2.62. The van der Waals surface area contributed by atoms with Gasteiger partial charge in [-0.1, -0.05) is 259 Å². The van der Waals surface area contributed by atoms with Gasteiger partial charge >= 0.3 is 17.9 Å². The van der Waals surface area contributed by atoms with Crippen LogP contribution in [0.25, 0.3) is 0 Å². The Morgan fingerprint density at radius 2 is 0.523 bits per heavy atom. The fraction of sp³-hybridized carbons (Fsp3) is 0.521. The predicted octanol–water partition coefficient (Wildman–Crippen LogP) is 17.5. The maximum absolute atomic E-state index is 12.7. The van der Waals surface area contributed by atoms with Gasteiger partial charge in [0.1, 0.15) is 0 Å². The average molecular weight is 1560 g/mol. The van der Waals surface area contributed by atoms with Crippen molar-refractivity contribution in [3.05, 3.63) is 243 Å². The number of hydrogen-bond donors (Lipinski definition) is 5. The van der Waals surface area contributed by atoms with Crippen LogP contribution in [0.3, 0.4) is 0 Å². The number of rotatable bonds is 17. The molecule has 0 bridgehead atoms. The minimum absolute atomic E-state index is 0.000435. The fourth-order valence-electron chi connectivity index (χ4n) is 20.3. The molecule has 10 spiro atoms. The van der Waals surface area contributed by atoms with Crippen LogP contribution in [0.15, 0.2) is 243 Å². The van der Waals surface area contributed by atoms with E-state index in [2.05, 4.69) is 270 Å². The number of hydrogen-bond acceptors (Lipinski definition) is 11. The fourth-order valence-corrected chi connectivity index (χ4v) is 21.5. The van der Waals surface area contributed by atoms with E-state index in [-0.39, 0.29) is 115 Å². The summed E-state index contributed by atoms with van der Waals surface area (Å²) in [7, 11) is 4.31. The SMILES string of the molecule is COC(=O)C1(CCCl)CC2(C=CC3(C=CCC=C3)C=C2)C1.COC(=O)C1(CCO)CC2(C=CC3(C=CCC=C3)C=C2)C1.COC(=O)C1(CCO)CC2(C=CC3(C=CCC=C3)C=C2)C1.O=C(NC1CC1)C1(CCBr)CC2(C=CC3(C=CCC=C3)C=C2)C1.O=C(NC1CC1)C1(CCO)CC2(C=CC3(C=CCC=C3)C=C2)C1. The Hall–Kier alpha value is -7.20. The van der Waals surface area contributed by atoms with E-state index in [0.29, 0.717) is 43.6 Å². The number of aliphatic hydroxyl groups excluding tert-OH is 3. The number of carbonyl (C=O) groups excluding carboxylic acids is 5. The van der Waals surface area contributed by atoms with Crippen molar-refractivity contribution in [3.63, 3.8) is 0 Å². The molecule has 2 amide bonds. The van der Waals surface area contributed by atoms with Crippen molar-refractivity contribution in [2.75, 3.05) is 52.4 Å². The Bertz CT molecular complexity index is 3590. The molecule has 580 valence electrons. The van der Waals surface area contributed by atoms with Crippen LogP contribution in [0.5, 0.6) is 0 Å². The summed E-state index contributed by atoms with van der Waals surface area (Å²) in [5, 5.41) is 35.1. The summed E-state index contributed by atoms with van der Waals surface area (Å²) < 4.78 is 14.9. The van der Waals surface area contributed by atoms with Gasteiger partial charge in [-0.3, -0.25) is 24.0 Å². The maximum Gasteiger partial charge on any atom is 0.311 e. The van der Waals surface area contributed by atoms with E-state index in [9.17, 15) is 39.3 Å². The standard InChI is InChI=1S/C20H24BrNO.C20H25NO2.C18H21ClO2.2C18H22O3/c21-13-12-20(17(23)22-16-4-5-16)14-19(15-20)10-8-18(9-11-19)6-2-1-3-7-18;22-13-12-20(17(23)21-16-4-5-16)14-19(15-20)10-8-18(9-11-19)6-2-1-3-7-18;3*1-21-15(20)18(11-12-19)13-17(14-18)9-7-16(8-10-17)5-3-2-4-6-16/h2-3,6-11,16H,1,4-5,12-15H2,(H,22,23);2-3,6-11,16,22H,1,4-5,12-15H2,(H,21,23);3-10H,2,11-14H2,1H3;2*3-10,19H,2,11-14H2,1H3. The number of methoxy groups -OCH3 is 3. The third kappa shape index (κ3) is 16.7. The van der Waals surface area contributed by atoms with Crippen molar-refractivity contribution < 1.29 is 53.5 Å². The first-order chi connectivity index (χ1) is 52.4. The molecule has 0 aromatic carbocycles. The molecule has 0 aromatic heterocycles. The van der Waals surface area contributed by atoms with Crippen molar-refractivity contribution in [1.29, 1.82) is 0 Å². The first-order valence-corrected chi connectivity index (χ1v) is 41.7. The van der Waals surface area contributed by atoms with E-state index in [1.165, 1.54) is 21.3 Å². The lowest BCUT2D eigenvalue weighted by Gasteiger charge is -2.54.